The third kappa shape index (κ3) is 6.93. The fraction of sp³-hybridized carbons (Fsp3) is 0.192. The van der Waals surface area contributed by atoms with Crippen LogP contribution in [0.4, 0.5) is 0 Å². The zero-order valence-corrected chi connectivity index (χ0v) is 18.5. The minimum Gasteiger partial charge on any atom is -0.508 e. The Balaban J connectivity index is 1.64. The summed E-state index contributed by atoms with van der Waals surface area (Å²) in [5.74, 6) is 1.11. The maximum atomic E-state index is 12.2. The zero-order valence-electron chi connectivity index (χ0n) is 18.5. The van der Waals surface area contributed by atoms with Gasteiger partial charge in [-0.1, -0.05) is 42.5 Å². The lowest BCUT2D eigenvalue weighted by Crippen LogP contribution is -2.09. The molecule has 3 rings (SSSR count). The van der Waals surface area contributed by atoms with Gasteiger partial charge in [0.15, 0.2) is 0 Å². The van der Waals surface area contributed by atoms with Crippen LogP contribution >= 0.6 is 0 Å². The van der Waals surface area contributed by atoms with Crippen molar-refractivity contribution >= 4 is 11.5 Å². The van der Waals surface area contributed by atoms with E-state index in [2.05, 4.69) is 0 Å². The number of carbonyl (C=O) groups excluding carboxylic acids is 1. The summed E-state index contributed by atoms with van der Waals surface area (Å²) in [6, 6.07) is 21.4. The number of benzene rings is 3. The number of rotatable bonds is 11. The molecule has 0 saturated carbocycles. The van der Waals surface area contributed by atoms with Crippen LogP contribution in [0.2, 0.25) is 0 Å². The molecule has 7 nitrogen and oxygen atoms in total. The lowest BCUT2D eigenvalue weighted by molar-refractivity contribution is -0.133. The van der Waals surface area contributed by atoms with E-state index in [4.69, 9.17) is 23.7 Å². The van der Waals surface area contributed by atoms with E-state index in [1.165, 1.54) is 32.6 Å². The molecule has 0 aliphatic rings. The summed E-state index contributed by atoms with van der Waals surface area (Å²) in [7, 11) is 2.77. The Labute approximate surface area is 192 Å². The van der Waals surface area contributed by atoms with E-state index in [-0.39, 0.29) is 17.9 Å². The Kier molecular flexibility index (Phi) is 8.59. The third-order valence-corrected chi connectivity index (χ3v) is 4.57. The number of para-hydroxylation sites is 1. The van der Waals surface area contributed by atoms with Crippen LogP contribution in [0.1, 0.15) is 11.1 Å². The van der Waals surface area contributed by atoms with E-state index >= 15 is 0 Å². The van der Waals surface area contributed by atoms with Gasteiger partial charge in [0.25, 0.3) is 0 Å². The van der Waals surface area contributed by atoms with Gasteiger partial charge in [-0.3, -0.25) is 0 Å². The van der Waals surface area contributed by atoms with E-state index in [0.29, 0.717) is 30.3 Å². The summed E-state index contributed by atoms with van der Waals surface area (Å²) < 4.78 is 27.1. The Hall–Kier alpha value is -4.13. The Bertz CT molecular complexity index is 1080. The summed E-state index contributed by atoms with van der Waals surface area (Å²) in [5, 5.41) is 10.1. The third-order valence-electron chi connectivity index (χ3n) is 4.57. The van der Waals surface area contributed by atoms with E-state index in [1.54, 1.807) is 12.1 Å². The van der Waals surface area contributed by atoms with Crippen molar-refractivity contribution in [2.75, 3.05) is 27.4 Å². The number of hydrogen-bond acceptors (Lipinski definition) is 7. The first-order valence-corrected chi connectivity index (χ1v) is 10.3. The molecule has 3 aromatic rings. The number of methoxy groups -OCH3 is 2. The van der Waals surface area contributed by atoms with Crippen molar-refractivity contribution in [1.82, 2.24) is 0 Å². The number of ether oxygens (including phenoxy) is 5. The molecule has 0 aliphatic heterocycles. The van der Waals surface area contributed by atoms with Crippen LogP contribution in [-0.2, 0) is 20.9 Å². The molecule has 0 heterocycles. The first kappa shape index (κ1) is 23.5. The molecule has 0 aliphatic carbocycles. The summed E-state index contributed by atoms with van der Waals surface area (Å²) in [6.45, 7) is 0.796. The second-order valence-electron chi connectivity index (χ2n) is 6.88. The molecule has 0 spiro atoms. The van der Waals surface area contributed by atoms with E-state index < -0.39 is 5.97 Å². The maximum Gasteiger partial charge on any atom is 0.341 e. The quantitative estimate of drug-likeness (QED) is 0.198. The Morgan fingerprint density at radius 3 is 2.15 bits per heavy atom. The van der Waals surface area contributed by atoms with Crippen molar-refractivity contribution in [2.45, 2.75) is 6.61 Å². The van der Waals surface area contributed by atoms with Crippen molar-refractivity contribution in [3.63, 3.8) is 0 Å². The Morgan fingerprint density at radius 1 is 0.818 bits per heavy atom. The zero-order chi connectivity index (χ0) is 23.5. The number of carbonyl (C=O) groups is 1. The molecular formula is C26H26O7. The number of hydrogen-bond donors (Lipinski definition) is 1. The smallest absolute Gasteiger partial charge is 0.341 e. The molecule has 7 heteroatoms. The monoisotopic (exact) mass is 450 g/mol. The second kappa shape index (κ2) is 12.0. The van der Waals surface area contributed by atoms with Gasteiger partial charge in [0.1, 0.15) is 48.4 Å². The van der Waals surface area contributed by atoms with Gasteiger partial charge in [0.05, 0.1) is 20.5 Å². The van der Waals surface area contributed by atoms with Gasteiger partial charge in [0, 0.05) is 18.2 Å². The van der Waals surface area contributed by atoms with Crippen LogP contribution in [0.5, 0.6) is 23.0 Å². The predicted octanol–water partition coefficient (Wildman–Crippen LogP) is 4.59. The molecule has 172 valence electrons. The molecule has 0 fully saturated rings. The van der Waals surface area contributed by atoms with Gasteiger partial charge in [-0.15, -0.1) is 0 Å². The fourth-order valence-electron chi connectivity index (χ4n) is 3.08. The van der Waals surface area contributed by atoms with Crippen molar-refractivity contribution in [3.05, 3.63) is 90.2 Å². The molecule has 0 radical (unpaired) electrons. The second-order valence-corrected chi connectivity index (χ2v) is 6.88. The normalized spacial score (nSPS) is 10.9. The largest absolute Gasteiger partial charge is 0.508 e. The van der Waals surface area contributed by atoms with E-state index in [9.17, 15) is 9.90 Å². The fourth-order valence-corrected chi connectivity index (χ4v) is 3.08. The average molecular weight is 450 g/mol. The first-order chi connectivity index (χ1) is 16.1. The van der Waals surface area contributed by atoms with Crippen LogP contribution in [0.3, 0.4) is 0 Å². The molecule has 0 amide bonds. The number of phenols is 1. The highest BCUT2D eigenvalue weighted by atomic mass is 16.5. The average Bonchev–Trinajstić information content (AvgIpc) is 2.84. The van der Waals surface area contributed by atoms with Crippen molar-refractivity contribution in [1.29, 1.82) is 0 Å². The minimum absolute atomic E-state index is 0.00860. The molecule has 0 saturated heterocycles. The van der Waals surface area contributed by atoms with Crippen molar-refractivity contribution < 1.29 is 33.6 Å². The summed E-state index contributed by atoms with van der Waals surface area (Å²) >= 11 is 0. The van der Waals surface area contributed by atoms with Crippen LogP contribution in [0.15, 0.2) is 79.1 Å². The standard InChI is InChI=1S/C26H26O7/c1-29-18-25(26(28)30-2)24-11-7-6-8-19(24)17-33-23-15-20(27)14-22(16-23)32-13-12-31-21-9-4-3-5-10-21/h3-11,14-16,18,27H,12-13,17H2,1-2H3/b25-18-. The molecule has 0 atom stereocenters. The molecule has 1 N–H and O–H groups in total. The van der Waals surface area contributed by atoms with Gasteiger partial charge in [-0.25, -0.2) is 4.79 Å². The summed E-state index contributed by atoms with van der Waals surface area (Å²) in [4.78, 5) is 12.2. The number of aromatic hydroxyl groups is 1. The SMILES string of the molecule is CO/C=C(\C(=O)OC)c1ccccc1COc1cc(O)cc(OCCOc2ccccc2)c1. The lowest BCUT2D eigenvalue weighted by atomic mass is 10.0. The highest BCUT2D eigenvalue weighted by Crippen LogP contribution is 2.29. The number of phenolic OH excluding ortho intramolecular Hbond substituents is 1. The van der Waals surface area contributed by atoms with Crippen LogP contribution in [0.25, 0.3) is 5.57 Å². The molecule has 33 heavy (non-hydrogen) atoms. The maximum absolute atomic E-state index is 12.2. The predicted molar refractivity (Wildman–Crippen MR) is 123 cm³/mol. The van der Waals surface area contributed by atoms with Crippen LogP contribution in [0, 0.1) is 0 Å². The van der Waals surface area contributed by atoms with Gasteiger partial charge in [-0.2, -0.15) is 0 Å². The summed E-state index contributed by atoms with van der Waals surface area (Å²) in [6.07, 6.45) is 1.34. The number of esters is 1. The minimum atomic E-state index is -0.518. The van der Waals surface area contributed by atoms with Crippen LogP contribution < -0.4 is 14.2 Å². The van der Waals surface area contributed by atoms with Crippen molar-refractivity contribution in [3.8, 4) is 23.0 Å². The molecule has 0 aromatic heterocycles. The van der Waals surface area contributed by atoms with Gasteiger partial charge >= 0.3 is 5.97 Å². The summed E-state index contributed by atoms with van der Waals surface area (Å²) in [5.41, 5.74) is 1.65. The van der Waals surface area contributed by atoms with E-state index in [0.717, 1.165) is 11.3 Å². The highest BCUT2D eigenvalue weighted by molar-refractivity contribution is 6.16. The van der Waals surface area contributed by atoms with Gasteiger partial charge < -0.3 is 28.8 Å². The van der Waals surface area contributed by atoms with Gasteiger partial charge in [0.2, 0.25) is 0 Å². The molecular weight excluding hydrogens is 424 g/mol. The van der Waals surface area contributed by atoms with E-state index in [1.807, 2.05) is 48.5 Å². The van der Waals surface area contributed by atoms with Gasteiger partial charge in [-0.05, 0) is 23.3 Å². The topological polar surface area (TPSA) is 83.5 Å². The molecule has 0 unspecified atom stereocenters. The molecule has 0 bridgehead atoms. The molecule has 3 aromatic carbocycles. The van der Waals surface area contributed by atoms with Crippen LogP contribution in [-0.4, -0.2) is 38.5 Å². The van der Waals surface area contributed by atoms with Crippen molar-refractivity contribution in [2.24, 2.45) is 0 Å². The highest BCUT2D eigenvalue weighted by Gasteiger charge is 2.17. The first-order valence-electron chi connectivity index (χ1n) is 10.3. The Morgan fingerprint density at radius 2 is 1.45 bits per heavy atom. The lowest BCUT2D eigenvalue weighted by Gasteiger charge is -2.14.